The summed E-state index contributed by atoms with van der Waals surface area (Å²) in [6, 6.07) is 7.30. The Bertz CT molecular complexity index is 448. The van der Waals surface area contributed by atoms with E-state index in [1.165, 1.54) is 6.08 Å². The van der Waals surface area contributed by atoms with Gasteiger partial charge in [0.05, 0.1) is 0 Å². The molecule has 2 nitrogen and oxygen atoms in total. The van der Waals surface area contributed by atoms with Crippen LogP contribution in [0.25, 0.3) is 11.0 Å². The first-order valence-electron chi connectivity index (χ1n) is 5.69. The molecule has 0 saturated heterocycles. The van der Waals surface area contributed by atoms with Crippen molar-refractivity contribution in [3.8, 4) is 0 Å². The zero-order valence-electron chi connectivity index (χ0n) is 12.0. The number of allylic oxidation sites excluding steroid dienone is 4. The van der Waals surface area contributed by atoms with E-state index in [0.29, 0.717) is 11.3 Å². The first kappa shape index (κ1) is 20.9. The molecule has 0 bridgehead atoms. The third-order valence-corrected chi connectivity index (χ3v) is 2.29. The summed E-state index contributed by atoms with van der Waals surface area (Å²) < 4.78 is 0. The van der Waals surface area contributed by atoms with Crippen LogP contribution in [0.5, 0.6) is 0 Å². The summed E-state index contributed by atoms with van der Waals surface area (Å²) in [6.07, 6.45) is 6.36. The number of anilines is 1. The van der Waals surface area contributed by atoms with Crippen molar-refractivity contribution in [2.24, 2.45) is 0 Å². The Morgan fingerprint density at radius 3 is 2.47 bits per heavy atom. The van der Waals surface area contributed by atoms with Crippen molar-refractivity contribution >= 4 is 17.5 Å². The Labute approximate surface area is 159 Å². The average Bonchev–Trinajstić information content (AvgIpc) is 2.40. The topological polar surface area (TPSA) is 48.3 Å². The molecule has 1 rings (SSSR count). The Balaban J connectivity index is 0. The van der Waals surface area contributed by atoms with Crippen LogP contribution in [-0.4, -0.2) is 6.21 Å². The Morgan fingerprint density at radius 1 is 1.53 bits per heavy atom. The van der Waals surface area contributed by atoms with Crippen LogP contribution in [0.15, 0.2) is 42.5 Å². The molecule has 0 aliphatic rings. The van der Waals surface area contributed by atoms with Crippen LogP contribution >= 0.6 is 0 Å². The van der Waals surface area contributed by atoms with Gasteiger partial charge >= 0.3 is 51.4 Å². The fourth-order valence-corrected chi connectivity index (χ4v) is 1.11. The monoisotopic (exact) mass is 278 g/mol. The minimum atomic E-state index is 0. The molecule has 0 heterocycles. The fraction of sp³-hybridized carbons (Fsp3) is 0.188. The molecule has 0 amide bonds. The molecule has 0 unspecified atom stereocenters. The van der Waals surface area contributed by atoms with E-state index in [1.807, 2.05) is 19.1 Å². The number of nitrogens with zero attached hydrogens (tertiary/aromatic N) is 1. The van der Waals surface area contributed by atoms with Crippen LogP contribution < -0.4 is 57.1 Å². The molecular formula is C16H19KN2-2. The maximum Gasteiger partial charge on any atom is 1.00 e. The first-order chi connectivity index (χ1) is 8.58. The number of hydrogen-bond donors (Lipinski definition) is 1. The minimum absolute atomic E-state index is 0. The van der Waals surface area contributed by atoms with E-state index in [0.717, 1.165) is 23.8 Å². The van der Waals surface area contributed by atoms with Gasteiger partial charge in [-0.25, -0.2) is 23.3 Å². The summed E-state index contributed by atoms with van der Waals surface area (Å²) in [7, 11) is 0. The van der Waals surface area contributed by atoms with Crippen LogP contribution in [0.2, 0.25) is 0 Å². The number of benzene rings is 1. The van der Waals surface area contributed by atoms with E-state index in [1.54, 1.807) is 19.1 Å². The molecule has 96 valence electrons. The van der Waals surface area contributed by atoms with E-state index in [-0.39, 0.29) is 51.4 Å². The van der Waals surface area contributed by atoms with Gasteiger partial charge in [0, 0.05) is 5.69 Å². The average molecular weight is 278 g/mol. The Hall–Kier alpha value is -0.454. The minimum Gasteiger partial charge on any atom is -0.879 e. The van der Waals surface area contributed by atoms with Crippen molar-refractivity contribution in [2.45, 2.75) is 20.3 Å². The van der Waals surface area contributed by atoms with Gasteiger partial charge in [-0.15, -0.1) is 11.6 Å². The second kappa shape index (κ2) is 12.6. The summed E-state index contributed by atoms with van der Waals surface area (Å²) in [5.74, 6) is 0. The van der Waals surface area contributed by atoms with Crippen molar-refractivity contribution in [3.05, 3.63) is 66.1 Å². The molecule has 0 aromatic heterocycles. The van der Waals surface area contributed by atoms with Crippen LogP contribution in [-0.2, 0) is 0 Å². The van der Waals surface area contributed by atoms with Crippen molar-refractivity contribution in [3.63, 3.8) is 0 Å². The van der Waals surface area contributed by atoms with Crippen molar-refractivity contribution < 1.29 is 51.4 Å². The predicted octanol–water partition coefficient (Wildman–Crippen LogP) is 1.06. The number of hydrogen-bond acceptors (Lipinski definition) is 1. The van der Waals surface area contributed by atoms with Gasteiger partial charge in [-0.3, -0.25) is 6.58 Å². The third-order valence-electron chi connectivity index (χ3n) is 2.29. The van der Waals surface area contributed by atoms with Crippen molar-refractivity contribution in [1.29, 1.82) is 0 Å². The molecule has 0 atom stereocenters. The summed E-state index contributed by atoms with van der Waals surface area (Å²) >= 11 is 0. The third kappa shape index (κ3) is 9.13. The Morgan fingerprint density at radius 2 is 2.16 bits per heavy atom. The normalized spacial score (nSPS) is 9.47. The molecular weight excluding hydrogens is 259 g/mol. The van der Waals surface area contributed by atoms with E-state index in [9.17, 15) is 0 Å². The molecule has 2 N–H and O–H groups in total. The van der Waals surface area contributed by atoms with Gasteiger partial charge in [0.2, 0.25) is 0 Å². The summed E-state index contributed by atoms with van der Waals surface area (Å²) in [4.78, 5) is 0. The largest absolute Gasteiger partial charge is 1.00 e. The van der Waals surface area contributed by atoms with Gasteiger partial charge in [-0.2, -0.15) is 6.58 Å². The Kier molecular flexibility index (Phi) is 13.8. The molecule has 19 heavy (non-hydrogen) atoms. The quantitative estimate of drug-likeness (QED) is 0.289. The van der Waals surface area contributed by atoms with Gasteiger partial charge in [0.25, 0.3) is 0 Å². The summed E-state index contributed by atoms with van der Waals surface area (Å²) in [5, 5.41) is 8.80. The predicted molar refractivity (Wildman–Crippen MR) is 80.9 cm³/mol. The van der Waals surface area contributed by atoms with Gasteiger partial charge in [0.1, 0.15) is 0 Å². The van der Waals surface area contributed by atoms with E-state index in [2.05, 4.69) is 12.7 Å². The maximum atomic E-state index is 8.80. The smallest absolute Gasteiger partial charge is 0.879 e. The summed E-state index contributed by atoms with van der Waals surface area (Å²) in [5.41, 5.74) is 8.78. The number of nitrogen functional groups attached to an aromatic ring is 1. The molecule has 0 radical (unpaired) electrons. The van der Waals surface area contributed by atoms with Crippen molar-refractivity contribution in [1.82, 2.24) is 0 Å². The van der Waals surface area contributed by atoms with Crippen LogP contribution in [0, 0.1) is 12.7 Å². The molecule has 0 aliphatic heterocycles. The first-order valence-corrected chi connectivity index (χ1v) is 5.69. The number of rotatable bonds is 4. The molecule has 0 fully saturated rings. The number of nitrogens with two attached hydrogens (primary N) is 1. The maximum absolute atomic E-state index is 8.80. The van der Waals surface area contributed by atoms with Gasteiger partial charge in [-0.05, 0) is 6.07 Å². The standard InChI is InChI=1S/C10H10N2.C6H9.K/c1-2-8(7-11)9-4-3-5-10(12)6-9;1-4-6(3)5-2;/h3-7H,12H2,1H3;1,4H,3,5H2,2H3;/q-2;-1;+1. The van der Waals surface area contributed by atoms with Gasteiger partial charge < -0.3 is 17.4 Å². The summed E-state index contributed by atoms with van der Waals surface area (Å²) in [6.45, 7) is 12.4. The second-order valence-electron chi connectivity index (χ2n) is 3.60. The van der Waals surface area contributed by atoms with E-state index < -0.39 is 0 Å². The van der Waals surface area contributed by atoms with Gasteiger partial charge in [-0.1, -0.05) is 32.4 Å². The fourth-order valence-electron chi connectivity index (χ4n) is 1.11. The van der Waals surface area contributed by atoms with Gasteiger partial charge in [0.15, 0.2) is 0 Å². The zero-order valence-corrected chi connectivity index (χ0v) is 15.1. The van der Waals surface area contributed by atoms with Crippen LogP contribution in [0.1, 0.15) is 25.8 Å². The SMILES string of the molecule is C[C-]=C(C=[N-])c1cccc(N)c1.[CH-]=CC(=C)CC.[K+]. The molecule has 3 heteroatoms. The molecule has 1 aromatic rings. The molecule has 0 saturated carbocycles. The van der Waals surface area contributed by atoms with E-state index >= 15 is 0 Å². The zero-order chi connectivity index (χ0) is 14.0. The second-order valence-corrected chi connectivity index (χ2v) is 3.60. The molecule has 0 spiro atoms. The molecule has 0 aliphatic carbocycles. The van der Waals surface area contributed by atoms with Crippen LogP contribution in [0.3, 0.4) is 0 Å². The van der Waals surface area contributed by atoms with E-state index in [4.69, 9.17) is 17.7 Å². The van der Waals surface area contributed by atoms with Crippen LogP contribution in [0.4, 0.5) is 5.69 Å². The molecule has 1 aromatic carbocycles. The van der Waals surface area contributed by atoms with Crippen molar-refractivity contribution in [2.75, 3.05) is 5.73 Å².